The minimum absolute atomic E-state index is 0.0441. The number of piperidine rings is 1. The number of aryl methyl sites for hydroxylation is 1. The van der Waals surface area contributed by atoms with E-state index >= 15 is 0 Å². The maximum Gasteiger partial charge on any atom is 0.250 e. The summed E-state index contributed by atoms with van der Waals surface area (Å²) in [6.07, 6.45) is 10.3. The second-order valence-corrected chi connectivity index (χ2v) is 9.14. The number of carbonyl (C=O) groups excluding carboxylic acids is 1. The molecular formula is C28H28FN3O2. The lowest BCUT2D eigenvalue weighted by molar-refractivity contribution is -0.133. The predicted molar refractivity (Wildman–Crippen MR) is 130 cm³/mol. The maximum atomic E-state index is 13.7. The molecular weight excluding hydrogens is 429 g/mol. The molecule has 2 aromatic carbocycles. The second-order valence-electron chi connectivity index (χ2n) is 9.14. The largest absolute Gasteiger partial charge is 0.495 e. The number of hydrogen-bond acceptors (Lipinski definition) is 3. The number of rotatable bonds is 4. The number of carbonyl (C=O) groups is 1. The third-order valence-corrected chi connectivity index (χ3v) is 6.70. The van der Waals surface area contributed by atoms with Gasteiger partial charge in [0.2, 0.25) is 0 Å². The van der Waals surface area contributed by atoms with E-state index in [1.807, 2.05) is 46.9 Å². The SMILES string of the molecule is COc1cc(C=C2CC[C@H]3CC(C)=C[C@H](c4ccc(F)cc4)N3C2=O)ccc1-n1cnc(C)c1. The van der Waals surface area contributed by atoms with E-state index < -0.39 is 0 Å². The molecule has 0 bridgehead atoms. The van der Waals surface area contributed by atoms with Gasteiger partial charge in [0.05, 0.1) is 30.9 Å². The number of nitrogens with zero attached hydrogens (tertiary/aromatic N) is 3. The van der Waals surface area contributed by atoms with Crippen molar-refractivity contribution in [1.82, 2.24) is 14.5 Å². The Morgan fingerprint density at radius 1 is 1.15 bits per heavy atom. The fourth-order valence-corrected chi connectivity index (χ4v) is 5.05. The number of amides is 1. The number of ether oxygens (including phenoxy) is 1. The Balaban J connectivity index is 1.47. The second kappa shape index (κ2) is 8.93. The zero-order valence-electron chi connectivity index (χ0n) is 19.7. The number of imidazole rings is 1. The summed E-state index contributed by atoms with van der Waals surface area (Å²) in [5, 5.41) is 0. The first-order valence-corrected chi connectivity index (χ1v) is 11.6. The zero-order chi connectivity index (χ0) is 23.8. The van der Waals surface area contributed by atoms with Crippen LogP contribution < -0.4 is 4.74 Å². The Morgan fingerprint density at radius 3 is 2.65 bits per heavy atom. The fraction of sp³-hybridized carbons (Fsp3) is 0.286. The third-order valence-electron chi connectivity index (χ3n) is 6.70. The van der Waals surface area contributed by atoms with Crippen molar-refractivity contribution in [3.63, 3.8) is 0 Å². The first-order valence-electron chi connectivity index (χ1n) is 11.6. The first-order chi connectivity index (χ1) is 16.4. The highest BCUT2D eigenvalue weighted by Gasteiger charge is 2.38. The van der Waals surface area contributed by atoms with Crippen molar-refractivity contribution in [3.8, 4) is 11.4 Å². The standard InChI is InChI=1S/C28H28FN3O2/c1-18-12-24-10-7-22(28(33)32(24)26(13-18)21-5-8-23(29)9-6-21)14-20-4-11-25(27(15-20)34-3)31-16-19(2)30-17-31/h4-6,8-9,11,13-17,24,26H,7,10,12H2,1-3H3/t24-,26+/m0/s1. The molecule has 1 saturated heterocycles. The highest BCUT2D eigenvalue weighted by molar-refractivity contribution is 5.99. The summed E-state index contributed by atoms with van der Waals surface area (Å²) in [7, 11) is 1.64. The first kappa shape index (κ1) is 22.1. The summed E-state index contributed by atoms with van der Waals surface area (Å²) in [6.45, 7) is 4.06. The third kappa shape index (κ3) is 4.16. The molecule has 0 radical (unpaired) electrons. The lowest BCUT2D eigenvalue weighted by Crippen LogP contribution is -2.48. The highest BCUT2D eigenvalue weighted by Crippen LogP contribution is 2.40. The van der Waals surface area contributed by atoms with Crippen molar-refractivity contribution in [2.45, 2.75) is 45.2 Å². The summed E-state index contributed by atoms with van der Waals surface area (Å²) in [4.78, 5) is 20.0. The Kier molecular flexibility index (Phi) is 5.82. The van der Waals surface area contributed by atoms with E-state index in [1.54, 1.807) is 25.6 Å². The molecule has 3 heterocycles. The number of benzene rings is 2. The van der Waals surface area contributed by atoms with Crippen molar-refractivity contribution in [2.75, 3.05) is 7.11 Å². The van der Waals surface area contributed by atoms with Crippen molar-refractivity contribution >= 4 is 12.0 Å². The Labute approximate surface area is 199 Å². The maximum absolute atomic E-state index is 13.7. The van der Waals surface area contributed by atoms with Crippen molar-refractivity contribution in [1.29, 1.82) is 0 Å². The van der Waals surface area contributed by atoms with E-state index in [4.69, 9.17) is 4.74 Å². The van der Waals surface area contributed by atoms with Crippen LogP contribution in [0, 0.1) is 12.7 Å². The van der Waals surface area contributed by atoms with Gasteiger partial charge in [0.1, 0.15) is 11.6 Å². The molecule has 6 heteroatoms. The minimum atomic E-state index is -0.273. The molecule has 0 saturated carbocycles. The van der Waals surface area contributed by atoms with Crippen LogP contribution in [0.5, 0.6) is 5.75 Å². The minimum Gasteiger partial charge on any atom is -0.495 e. The molecule has 0 unspecified atom stereocenters. The fourth-order valence-electron chi connectivity index (χ4n) is 5.05. The topological polar surface area (TPSA) is 47.4 Å². The van der Waals surface area contributed by atoms with Gasteiger partial charge in [-0.25, -0.2) is 9.37 Å². The van der Waals surface area contributed by atoms with E-state index in [9.17, 15) is 9.18 Å². The molecule has 3 aromatic rings. The molecule has 2 aliphatic heterocycles. The molecule has 2 aliphatic rings. The van der Waals surface area contributed by atoms with Gasteiger partial charge < -0.3 is 14.2 Å². The highest BCUT2D eigenvalue weighted by atomic mass is 19.1. The van der Waals surface area contributed by atoms with E-state index in [-0.39, 0.29) is 23.8 Å². The summed E-state index contributed by atoms with van der Waals surface area (Å²) < 4.78 is 21.1. The van der Waals surface area contributed by atoms with E-state index in [0.717, 1.165) is 47.3 Å². The molecule has 0 spiro atoms. The van der Waals surface area contributed by atoms with Gasteiger partial charge >= 0.3 is 0 Å². The summed E-state index contributed by atoms with van der Waals surface area (Å²) >= 11 is 0. The average Bonchev–Trinajstić information content (AvgIpc) is 3.26. The van der Waals surface area contributed by atoms with Gasteiger partial charge in [-0.1, -0.05) is 29.8 Å². The van der Waals surface area contributed by atoms with Crippen LogP contribution in [0.4, 0.5) is 4.39 Å². The quantitative estimate of drug-likeness (QED) is 0.368. The molecule has 1 fully saturated rings. The molecule has 5 rings (SSSR count). The van der Waals surface area contributed by atoms with Gasteiger partial charge in [0.25, 0.3) is 5.91 Å². The lowest BCUT2D eigenvalue weighted by atomic mass is 9.84. The van der Waals surface area contributed by atoms with Crippen LogP contribution in [0.1, 0.15) is 49.0 Å². The molecule has 1 aromatic heterocycles. The number of aromatic nitrogens is 2. The number of hydrogen-bond donors (Lipinski definition) is 0. The van der Waals surface area contributed by atoms with Crippen LogP contribution in [0.3, 0.4) is 0 Å². The van der Waals surface area contributed by atoms with Crippen LogP contribution in [0.15, 0.2) is 72.2 Å². The van der Waals surface area contributed by atoms with Gasteiger partial charge in [-0.05, 0) is 74.6 Å². The van der Waals surface area contributed by atoms with Crippen LogP contribution in [-0.2, 0) is 4.79 Å². The van der Waals surface area contributed by atoms with Gasteiger partial charge in [-0.3, -0.25) is 4.79 Å². The van der Waals surface area contributed by atoms with Crippen LogP contribution in [0.25, 0.3) is 11.8 Å². The van der Waals surface area contributed by atoms with E-state index in [1.165, 1.54) is 17.7 Å². The summed E-state index contributed by atoms with van der Waals surface area (Å²) in [5.41, 5.74) is 5.73. The van der Waals surface area contributed by atoms with E-state index in [2.05, 4.69) is 18.0 Å². The molecule has 0 aliphatic carbocycles. The Hall–Kier alpha value is -3.67. The molecule has 1 amide bonds. The molecule has 174 valence electrons. The smallest absolute Gasteiger partial charge is 0.250 e. The normalized spacial score (nSPS) is 21.4. The number of halogens is 1. The Morgan fingerprint density at radius 2 is 1.94 bits per heavy atom. The Bertz CT molecular complexity index is 1290. The molecule has 0 N–H and O–H groups in total. The van der Waals surface area contributed by atoms with Gasteiger partial charge in [0.15, 0.2) is 0 Å². The van der Waals surface area contributed by atoms with Gasteiger partial charge in [0, 0.05) is 17.8 Å². The number of fused-ring (bicyclic) bond motifs is 1. The van der Waals surface area contributed by atoms with Crippen LogP contribution >= 0.6 is 0 Å². The van der Waals surface area contributed by atoms with E-state index in [0.29, 0.717) is 5.75 Å². The molecule has 34 heavy (non-hydrogen) atoms. The van der Waals surface area contributed by atoms with Crippen molar-refractivity contribution in [3.05, 3.63) is 94.8 Å². The average molecular weight is 458 g/mol. The van der Waals surface area contributed by atoms with Gasteiger partial charge in [-0.15, -0.1) is 0 Å². The predicted octanol–water partition coefficient (Wildman–Crippen LogP) is 5.79. The lowest BCUT2D eigenvalue weighted by Gasteiger charge is -2.44. The van der Waals surface area contributed by atoms with Crippen molar-refractivity contribution < 1.29 is 13.9 Å². The summed E-state index contributed by atoms with van der Waals surface area (Å²) in [5.74, 6) is 0.488. The summed E-state index contributed by atoms with van der Waals surface area (Å²) in [6, 6.07) is 12.4. The monoisotopic (exact) mass is 457 g/mol. The molecule has 2 atom stereocenters. The number of methoxy groups -OCH3 is 1. The van der Waals surface area contributed by atoms with Crippen LogP contribution in [0.2, 0.25) is 0 Å². The zero-order valence-corrected chi connectivity index (χ0v) is 19.7. The van der Waals surface area contributed by atoms with Crippen LogP contribution in [-0.4, -0.2) is 33.5 Å². The molecule has 5 nitrogen and oxygen atoms in total. The van der Waals surface area contributed by atoms with Gasteiger partial charge in [-0.2, -0.15) is 0 Å². The van der Waals surface area contributed by atoms with Crippen molar-refractivity contribution in [2.24, 2.45) is 0 Å².